The first kappa shape index (κ1) is 16.7. The molecule has 0 radical (unpaired) electrons. The Morgan fingerprint density at radius 2 is 1.96 bits per heavy atom. The van der Waals surface area contributed by atoms with E-state index < -0.39 is 0 Å². The molecular formula is C17H19ClN4O2. The van der Waals surface area contributed by atoms with E-state index in [1.807, 2.05) is 13.0 Å². The summed E-state index contributed by atoms with van der Waals surface area (Å²) < 4.78 is 5.35. The molecule has 0 saturated carbocycles. The Labute approximate surface area is 145 Å². The molecule has 0 spiro atoms. The number of nitrogens with zero attached hydrogens (tertiary/aromatic N) is 3. The number of carbonyl (C=O) groups excluding carboxylic acids is 1. The SMILES string of the molecule is Cc1cc(CNC(=O)c2ccc(Cl)cc2)nc(N2CCOCC2)n1. The minimum Gasteiger partial charge on any atom is -0.378 e. The summed E-state index contributed by atoms with van der Waals surface area (Å²) in [7, 11) is 0. The molecule has 1 aromatic carbocycles. The van der Waals surface area contributed by atoms with Crippen LogP contribution in [-0.2, 0) is 11.3 Å². The van der Waals surface area contributed by atoms with Gasteiger partial charge in [0.2, 0.25) is 5.95 Å². The van der Waals surface area contributed by atoms with E-state index in [1.54, 1.807) is 24.3 Å². The molecule has 1 fully saturated rings. The Bertz CT molecular complexity index is 715. The Kier molecular flexibility index (Phi) is 5.27. The van der Waals surface area contributed by atoms with Crippen LogP contribution in [0.1, 0.15) is 21.7 Å². The fourth-order valence-corrected chi connectivity index (χ4v) is 2.61. The van der Waals surface area contributed by atoms with E-state index >= 15 is 0 Å². The number of ether oxygens (including phenoxy) is 1. The third-order valence-corrected chi connectivity index (χ3v) is 3.98. The van der Waals surface area contributed by atoms with Gasteiger partial charge in [0, 0.05) is 29.4 Å². The molecule has 2 heterocycles. The highest BCUT2D eigenvalue weighted by Gasteiger charge is 2.15. The van der Waals surface area contributed by atoms with Gasteiger partial charge < -0.3 is 15.0 Å². The molecule has 1 aliphatic heterocycles. The van der Waals surface area contributed by atoms with Crippen molar-refractivity contribution < 1.29 is 9.53 Å². The van der Waals surface area contributed by atoms with Crippen molar-refractivity contribution >= 4 is 23.5 Å². The second-order valence-electron chi connectivity index (χ2n) is 5.59. The smallest absolute Gasteiger partial charge is 0.251 e. The van der Waals surface area contributed by atoms with Crippen LogP contribution >= 0.6 is 11.6 Å². The molecule has 6 nitrogen and oxygen atoms in total. The van der Waals surface area contributed by atoms with Crippen molar-refractivity contribution in [3.05, 3.63) is 52.3 Å². The molecule has 1 amide bonds. The Morgan fingerprint density at radius 3 is 2.67 bits per heavy atom. The number of nitrogens with one attached hydrogen (secondary N) is 1. The zero-order valence-corrected chi connectivity index (χ0v) is 14.2. The molecule has 7 heteroatoms. The third-order valence-electron chi connectivity index (χ3n) is 3.73. The van der Waals surface area contributed by atoms with Crippen molar-refractivity contribution in [1.29, 1.82) is 0 Å². The van der Waals surface area contributed by atoms with Crippen molar-refractivity contribution in [3.8, 4) is 0 Å². The zero-order chi connectivity index (χ0) is 16.9. The molecule has 1 aromatic heterocycles. The number of hydrogen-bond acceptors (Lipinski definition) is 5. The van der Waals surface area contributed by atoms with Crippen molar-refractivity contribution in [2.45, 2.75) is 13.5 Å². The first-order valence-corrected chi connectivity index (χ1v) is 8.20. The highest BCUT2D eigenvalue weighted by molar-refractivity contribution is 6.30. The minimum atomic E-state index is -0.157. The lowest BCUT2D eigenvalue weighted by Gasteiger charge is -2.27. The predicted octanol–water partition coefficient (Wildman–Crippen LogP) is 2.21. The normalized spacial score (nSPS) is 14.5. The topological polar surface area (TPSA) is 67.4 Å². The summed E-state index contributed by atoms with van der Waals surface area (Å²) in [6, 6.07) is 8.67. The average Bonchev–Trinajstić information content (AvgIpc) is 2.60. The summed E-state index contributed by atoms with van der Waals surface area (Å²) in [5.74, 6) is 0.532. The largest absolute Gasteiger partial charge is 0.378 e. The van der Waals surface area contributed by atoms with E-state index in [0.29, 0.717) is 36.3 Å². The van der Waals surface area contributed by atoms with Gasteiger partial charge in [0.1, 0.15) is 0 Å². The third kappa shape index (κ3) is 4.21. The lowest BCUT2D eigenvalue weighted by molar-refractivity contribution is 0.0950. The van der Waals surface area contributed by atoms with Crippen molar-refractivity contribution in [2.75, 3.05) is 31.2 Å². The number of anilines is 1. The van der Waals surface area contributed by atoms with Crippen LogP contribution in [0.5, 0.6) is 0 Å². The summed E-state index contributed by atoms with van der Waals surface area (Å²) >= 11 is 5.84. The zero-order valence-electron chi connectivity index (χ0n) is 13.5. The van der Waals surface area contributed by atoms with Crippen LogP contribution in [0, 0.1) is 6.92 Å². The van der Waals surface area contributed by atoms with E-state index in [2.05, 4.69) is 20.2 Å². The van der Waals surface area contributed by atoms with E-state index in [1.165, 1.54) is 0 Å². The molecule has 126 valence electrons. The van der Waals surface area contributed by atoms with Gasteiger partial charge in [0.15, 0.2) is 0 Å². The van der Waals surface area contributed by atoms with E-state index in [0.717, 1.165) is 24.5 Å². The standard InChI is InChI=1S/C17H19ClN4O2/c1-12-10-15(21-17(20-12)22-6-8-24-9-7-22)11-19-16(23)13-2-4-14(18)5-3-13/h2-5,10H,6-9,11H2,1H3,(H,19,23). The summed E-state index contributed by atoms with van der Waals surface area (Å²) in [4.78, 5) is 23.3. The van der Waals surface area contributed by atoms with Crippen LogP contribution < -0.4 is 10.2 Å². The van der Waals surface area contributed by atoms with E-state index in [9.17, 15) is 4.79 Å². The van der Waals surface area contributed by atoms with Gasteiger partial charge in [-0.15, -0.1) is 0 Å². The molecule has 3 rings (SSSR count). The molecule has 1 N–H and O–H groups in total. The number of halogens is 1. The quantitative estimate of drug-likeness (QED) is 0.919. The Hall–Kier alpha value is -2.18. The Balaban J connectivity index is 1.67. The molecule has 0 atom stereocenters. The molecule has 0 bridgehead atoms. The maximum Gasteiger partial charge on any atom is 0.251 e. The van der Waals surface area contributed by atoms with Crippen LogP contribution in [0.4, 0.5) is 5.95 Å². The lowest BCUT2D eigenvalue weighted by atomic mass is 10.2. The summed E-state index contributed by atoms with van der Waals surface area (Å²) in [5.41, 5.74) is 2.23. The molecule has 24 heavy (non-hydrogen) atoms. The van der Waals surface area contributed by atoms with Gasteiger partial charge in [0.25, 0.3) is 5.91 Å². The molecule has 1 aliphatic rings. The predicted molar refractivity (Wildman–Crippen MR) is 92.4 cm³/mol. The van der Waals surface area contributed by atoms with Crippen LogP contribution in [0.3, 0.4) is 0 Å². The maximum atomic E-state index is 12.2. The van der Waals surface area contributed by atoms with Gasteiger partial charge in [-0.3, -0.25) is 4.79 Å². The first-order valence-electron chi connectivity index (χ1n) is 7.83. The molecule has 2 aromatic rings. The van der Waals surface area contributed by atoms with Gasteiger partial charge in [-0.2, -0.15) is 0 Å². The lowest BCUT2D eigenvalue weighted by Crippen LogP contribution is -2.37. The molecular weight excluding hydrogens is 328 g/mol. The summed E-state index contributed by atoms with van der Waals surface area (Å²) in [6.45, 7) is 5.19. The Morgan fingerprint density at radius 1 is 1.25 bits per heavy atom. The highest BCUT2D eigenvalue weighted by atomic mass is 35.5. The monoisotopic (exact) mass is 346 g/mol. The molecule has 1 saturated heterocycles. The maximum absolute atomic E-state index is 12.2. The number of morpholine rings is 1. The van der Waals surface area contributed by atoms with Crippen molar-refractivity contribution in [1.82, 2.24) is 15.3 Å². The number of benzene rings is 1. The summed E-state index contributed by atoms with van der Waals surface area (Å²) in [5, 5.41) is 3.48. The summed E-state index contributed by atoms with van der Waals surface area (Å²) in [6.07, 6.45) is 0. The number of aryl methyl sites for hydroxylation is 1. The number of rotatable bonds is 4. The van der Waals surface area contributed by atoms with Crippen molar-refractivity contribution in [3.63, 3.8) is 0 Å². The number of carbonyl (C=O) groups is 1. The molecule has 0 aliphatic carbocycles. The second-order valence-corrected chi connectivity index (χ2v) is 6.03. The minimum absolute atomic E-state index is 0.157. The fourth-order valence-electron chi connectivity index (χ4n) is 2.49. The fraction of sp³-hybridized carbons (Fsp3) is 0.353. The highest BCUT2D eigenvalue weighted by Crippen LogP contribution is 2.13. The van der Waals surface area contributed by atoms with E-state index in [-0.39, 0.29) is 5.91 Å². The van der Waals surface area contributed by atoms with Crippen LogP contribution in [0.25, 0.3) is 0 Å². The van der Waals surface area contributed by atoms with Gasteiger partial charge >= 0.3 is 0 Å². The second kappa shape index (κ2) is 7.59. The van der Waals surface area contributed by atoms with Crippen LogP contribution in [0.2, 0.25) is 5.02 Å². The average molecular weight is 347 g/mol. The van der Waals surface area contributed by atoms with Gasteiger partial charge in [-0.25, -0.2) is 9.97 Å². The van der Waals surface area contributed by atoms with Gasteiger partial charge in [-0.1, -0.05) is 11.6 Å². The molecule has 0 unspecified atom stereocenters. The van der Waals surface area contributed by atoms with E-state index in [4.69, 9.17) is 16.3 Å². The number of amides is 1. The number of aromatic nitrogens is 2. The van der Waals surface area contributed by atoms with Crippen molar-refractivity contribution in [2.24, 2.45) is 0 Å². The number of hydrogen-bond donors (Lipinski definition) is 1. The van der Waals surface area contributed by atoms with Crippen LogP contribution in [0.15, 0.2) is 30.3 Å². The van der Waals surface area contributed by atoms with Gasteiger partial charge in [0.05, 0.1) is 25.5 Å². The first-order chi connectivity index (χ1) is 11.6. The van der Waals surface area contributed by atoms with Crippen LogP contribution in [-0.4, -0.2) is 42.2 Å². The van der Waals surface area contributed by atoms with Gasteiger partial charge in [-0.05, 0) is 37.3 Å².